The molecule has 3 aromatic rings. The van der Waals surface area contributed by atoms with Gasteiger partial charge in [0.1, 0.15) is 11.5 Å². The molecule has 0 bridgehead atoms. The van der Waals surface area contributed by atoms with Gasteiger partial charge in [0.25, 0.3) is 5.91 Å². The van der Waals surface area contributed by atoms with Gasteiger partial charge < -0.3 is 15.2 Å². The van der Waals surface area contributed by atoms with E-state index >= 15 is 0 Å². The van der Waals surface area contributed by atoms with E-state index in [0.717, 1.165) is 25.0 Å². The Bertz CT molecular complexity index is 993. The van der Waals surface area contributed by atoms with Gasteiger partial charge in [-0.2, -0.15) is 5.26 Å². The lowest BCUT2D eigenvalue weighted by atomic mass is 10.1. The second-order valence-electron chi connectivity index (χ2n) is 6.61. The second-order valence-corrected chi connectivity index (χ2v) is 6.61. The highest BCUT2D eigenvalue weighted by Gasteiger charge is 2.12. The minimum atomic E-state index is -0.478. The number of ether oxygens (including phenoxy) is 1. The Morgan fingerprint density at radius 2 is 1.76 bits per heavy atom. The summed E-state index contributed by atoms with van der Waals surface area (Å²) in [7, 11) is 0. The van der Waals surface area contributed by atoms with Gasteiger partial charge in [0.05, 0.1) is 23.8 Å². The van der Waals surface area contributed by atoms with E-state index in [0.29, 0.717) is 17.9 Å². The summed E-state index contributed by atoms with van der Waals surface area (Å²) >= 11 is 0. The number of phenolic OH excluding ortho intramolecular Hbond substituents is 1. The molecule has 0 aromatic heterocycles. The molecule has 0 aliphatic rings. The van der Waals surface area contributed by atoms with Gasteiger partial charge in [-0.15, -0.1) is 0 Å². The van der Waals surface area contributed by atoms with E-state index in [4.69, 9.17) is 10.00 Å². The summed E-state index contributed by atoms with van der Waals surface area (Å²) in [5.74, 6) is 0.0863. The Labute approximate surface area is 170 Å². The number of nitrogens with zero attached hydrogens (tertiary/aromatic N) is 1. The molecular weight excluding hydrogens is 364 g/mol. The smallest absolute Gasteiger partial charge is 0.259 e. The molecule has 0 radical (unpaired) electrons. The Balaban J connectivity index is 1.46. The molecule has 3 rings (SSSR count). The van der Waals surface area contributed by atoms with E-state index < -0.39 is 5.91 Å². The number of nitriles is 1. The lowest BCUT2D eigenvalue weighted by Crippen LogP contribution is -2.12. The van der Waals surface area contributed by atoms with Gasteiger partial charge in [-0.1, -0.05) is 30.3 Å². The van der Waals surface area contributed by atoms with Crippen LogP contribution in [0.25, 0.3) is 0 Å². The zero-order valence-corrected chi connectivity index (χ0v) is 16.0. The summed E-state index contributed by atoms with van der Waals surface area (Å²) in [6.07, 6.45) is 3.06. The monoisotopic (exact) mass is 386 g/mol. The molecule has 0 saturated carbocycles. The predicted octanol–water partition coefficient (Wildman–Crippen LogP) is 4.92. The zero-order valence-electron chi connectivity index (χ0n) is 16.0. The van der Waals surface area contributed by atoms with Crippen molar-refractivity contribution in [2.75, 3.05) is 11.9 Å². The fourth-order valence-corrected chi connectivity index (χ4v) is 2.89. The highest BCUT2D eigenvalue weighted by molar-refractivity contribution is 6.06. The van der Waals surface area contributed by atoms with Crippen LogP contribution in [0.1, 0.15) is 34.3 Å². The van der Waals surface area contributed by atoms with Crippen molar-refractivity contribution in [3.8, 4) is 17.6 Å². The first-order valence-electron chi connectivity index (χ1n) is 9.47. The molecule has 0 unspecified atom stereocenters. The molecule has 2 N–H and O–H groups in total. The van der Waals surface area contributed by atoms with E-state index in [1.165, 1.54) is 23.8 Å². The van der Waals surface area contributed by atoms with Crippen molar-refractivity contribution in [2.24, 2.45) is 0 Å². The van der Waals surface area contributed by atoms with Crippen LogP contribution in [0.2, 0.25) is 0 Å². The fourth-order valence-electron chi connectivity index (χ4n) is 2.89. The molecule has 0 spiro atoms. The molecule has 29 heavy (non-hydrogen) atoms. The van der Waals surface area contributed by atoms with Crippen molar-refractivity contribution in [3.05, 3.63) is 89.5 Å². The molecule has 0 aliphatic heterocycles. The van der Waals surface area contributed by atoms with Gasteiger partial charge in [-0.3, -0.25) is 4.79 Å². The van der Waals surface area contributed by atoms with Crippen molar-refractivity contribution in [1.82, 2.24) is 0 Å². The van der Waals surface area contributed by atoms with Crippen LogP contribution in [0, 0.1) is 11.3 Å². The summed E-state index contributed by atoms with van der Waals surface area (Å²) in [5, 5.41) is 21.5. The molecule has 3 aromatic carbocycles. The lowest BCUT2D eigenvalue weighted by Gasteiger charge is -2.09. The number of phenols is 1. The second kappa shape index (κ2) is 9.95. The number of aryl methyl sites for hydroxylation is 1. The summed E-state index contributed by atoms with van der Waals surface area (Å²) in [6.45, 7) is 0.632. The number of carbonyl (C=O) groups is 1. The van der Waals surface area contributed by atoms with Crippen LogP contribution in [0.5, 0.6) is 11.5 Å². The number of unbranched alkanes of at least 4 members (excludes halogenated alkanes) is 1. The highest BCUT2D eigenvalue weighted by atomic mass is 16.5. The molecule has 0 saturated heterocycles. The van der Waals surface area contributed by atoms with Crippen molar-refractivity contribution in [2.45, 2.75) is 19.3 Å². The van der Waals surface area contributed by atoms with Gasteiger partial charge in [0.2, 0.25) is 0 Å². The van der Waals surface area contributed by atoms with Crippen LogP contribution >= 0.6 is 0 Å². The molecule has 0 heterocycles. The van der Waals surface area contributed by atoms with E-state index in [9.17, 15) is 9.90 Å². The minimum absolute atomic E-state index is 0.0581. The number of aromatic hydroxyl groups is 1. The number of hydrogen-bond acceptors (Lipinski definition) is 4. The number of benzene rings is 3. The molecule has 0 aliphatic carbocycles. The third-order valence-corrected chi connectivity index (χ3v) is 4.45. The standard InChI is InChI=1S/C24H22N2O3/c25-17-19-9-14-23(27)22(16-19)24(28)26-20-10-12-21(13-11-20)29-15-5-4-8-18-6-2-1-3-7-18/h1-3,6-7,9-14,16,27H,4-5,8,15H2,(H,26,28). The first kappa shape index (κ1) is 20.0. The SMILES string of the molecule is N#Cc1ccc(O)c(C(=O)Nc2ccc(OCCCCc3ccccc3)cc2)c1. The number of carbonyl (C=O) groups excluding carboxylic acids is 1. The predicted molar refractivity (Wildman–Crippen MR) is 112 cm³/mol. The van der Waals surface area contributed by atoms with Crippen LogP contribution in [0.15, 0.2) is 72.8 Å². The van der Waals surface area contributed by atoms with E-state index in [1.54, 1.807) is 24.3 Å². The summed E-state index contributed by atoms with van der Waals surface area (Å²) in [6, 6.07) is 23.5. The Kier molecular flexibility index (Phi) is 6.85. The summed E-state index contributed by atoms with van der Waals surface area (Å²) < 4.78 is 5.75. The van der Waals surface area contributed by atoms with Crippen LogP contribution in [-0.4, -0.2) is 17.6 Å². The van der Waals surface area contributed by atoms with Crippen molar-refractivity contribution in [3.63, 3.8) is 0 Å². The van der Waals surface area contributed by atoms with Crippen LogP contribution in [0.4, 0.5) is 5.69 Å². The highest BCUT2D eigenvalue weighted by Crippen LogP contribution is 2.21. The number of hydrogen-bond donors (Lipinski definition) is 2. The fraction of sp³-hybridized carbons (Fsp3) is 0.167. The maximum absolute atomic E-state index is 12.3. The van der Waals surface area contributed by atoms with Crippen LogP contribution in [-0.2, 0) is 6.42 Å². The summed E-state index contributed by atoms with van der Waals surface area (Å²) in [5.41, 5.74) is 2.28. The maximum atomic E-state index is 12.3. The lowest BCUT2D eigenvalue weighted by molar-refractivity contribution is 0.102. The van der Waals surface area contributed by atoms with Crippen molar-refractivity contribution >= 4 is 11.6 Å². The molecule has 5 heteroatoms. The van der Waals surface area contributed by atoms with Crippen molar-refractivity contribution < 1.29 is 14.6 Å². The molecule has 5 nitrogen and oxygen atoms in total. The van der Waals surface area contributed by atoms with Crippen molar-refractivity contribution in [1.29, 1.82) is 5.26 Å². The van der Waals surface area contributed by atoms with Gasteiger partial charge in [0.15, 0.2) is 0 Å². The molecular formula is C24H22N2O3. The number of nitrogens with one attached hydrogen (secondary N) is 1. The van der Waals surface area contributed by atoms with Crippen LogP contribution in [0.3, 0.4) is 0 Å². The molecule has 0 atom stereocenters. The van der Waals surface area contributed by atoms with E-state index in [-0.39, 0.29) is 11.3 Å². The summed E-state index contributed by atoms with van der Waals surface area (Å²) in [4.78, 5) is 12.3. The Morgan fingerprint density at radius 3 is 2.48 bits per heavy atom. The van der Waals surface area contributed by atoms with E-state index in [2.05, 4.69) is 17.4 Å². The number of rotatable bonds is 8. The average molecular weight is 386 g/mol. The van der Waals surface area contributed by atoms with Gasteiger partial charge >= 0.3 is 0 Å². The third-order valence-electron chi connectivity index (χ3n) is 4.45. The van der Waals surface area contributed by atoms with E-state index in [1.807, 2.05) is 24.3 Å². The molecule has 146 valence electrons. The third kappa shape index (κ3) is 5.85. The average Bonchev–Trinajstić information content (AvgIpc) is 2.75. The zero-order chi connectivity index (χ0) is 20.5. The topological polar surface area (TPSA) is 82.3 Å². The van der Waals surface area contributed by atoms with Gasteiger partial charge in [-0.05, 0) is 67.3 Å². The minimum Gasteiger partial charge on any atom is -0.507 e. The number of anilines is 1. The largest absolute Gasteiger partial charge is 0.507 e. The van der Waals surface area contributed by atoms with Gasteiger partial charge in [-0.25, -0.2) is 0 Å². The molecule has 0 fully saturated rings. The Hall–Kier alpha value is -3.78. The normalized spacial score (nSPS) is 10.2. The first-order chi connectivity index (χ1) is 14.2. The maximum Gasteiger partial charge on any atom is 0.259 e. The Morgan fingerprint density at radius 1 is 1.00 bits per heavy atom. The van der Waals surface area contributed by atoms with Gasteiger partial charge in [0, 0.05) is 5.69 Å². The molecule has 1 amide bonds. The quantitative estimate of drug-likeness (QED) is 0.539. The first-order valence-corrected chi connectivity index (χ1v) is 9.47. The van der Waals surface area contributed by atoms with Crippen LogP contribution < -0.4 is 10.1 Å². The number of amides is 1.